The predicted octanol–water partition coefficient (Wildman–Crippen LogP) is 3.54. The first-order valence-corrected chi connectivity index (χ1v) is 8.51. The van der Waals surface area contributed by atoms with Crippen molar-refractivity contribution < 1.29 is 14.4 Å². The molecule has 0 aliphatic rings. The zero-order chi connectivity index (χ0) is 14.3. The third kappa shape index (κ3) is 2.61. The van der Waals surface area contributed by atoms with Gasteiger partial charge in [0.05, 0.1) is 16.4 Å². The van der Waals surface area contributed by atoms with E-state index >= 15 is 0 Å². The van der Waals surface area contributed by atoms with Gasteiger partial charge in [-0.2, -0.15) is 0 Å². The molecule has 0 spiro atoms. The van der Waals surface area contributed by atoms with Crippen molar-refractivity contribution in [2.75, 3.05) is 0 Å². The van der Waals surface area contributed by atoms with Gasteiger partial charge in [-0.15, -0.1) is 0 Å². The molecule has 0 amide bonds. The van der Waals surface area contributed by atoms with Crippen molar-refractivity contribution in [2.45, 2.75) is 24.3 Å². The Hall–Kier alpha value is -0.740. The van der Waals surface area contributed by atoms with Crippen LogP contribution in [0, 0.1) is 0 Å². The third-order valence-electron chi connectivity index (χ3n) is 3.32. The normalized spacial score (nSPS) is 12.9. The summed E-state index contributed by atoms with van der Waals surface area (Å²) in [7, 11) is -4.27. The molecule has 1 heterocycles. The summed E-state index contributed by atoms with van der Waals surface area (Å²) < 4.78 is 11.7. The fourth-order valence-electron chi connectivity index (χ4n) is 1.94. The lowest BCUT2D eigenvalue weighted by Gasteiger charge is -2.28. The second kappa shape index (κ2) is 4.98. The molecule has 0 unspecified atom stereocenters. The van der Waals surface area contributed by atoms with E-state index in [1.807, 2.05) is 30.3 Å². The lowest BCUT2D eigenvalue weighted by molar-refractivity contribution is 0.337. The molecule has 4 nitrogen and oxygen atoms in total. The summed E-state index contributed by atoms with van der Waals surface area (Å²) in [4.78, 5) is 23.6. The van der Waals surface area contributed by atoms with Gasteiger partial charge in [0.1, 0.15) is 0 Å². The number of alkyl halides is 1. The molecule has 6 heteroatoms. The van der Waals surface area contributed by atoms with Gasteiger partial charge >= 0.3 is 7.60 Å². The Labute approximate surface area is 120 Å². The number of hydrogen-bond acceptors (Lipinski definition) is 2. The van der Waals surface area contributed by atoms with E-state index < -0.39 is 12.8 Å². The number of hydrogen-bond donors (Lipinski definition) is 2. The Morgan fingerprint density at radius 2 is 1.95 bits per heavy atom. The Kier molecular flexibility index (Phi) is 3.85. The molecule has 2 N–H and O–H groups in total. The maximum atomic E-state index is 11.7. The van der Waals surface area contributed by atoms with Crippen molar-refractivity contribution in [3.8, 4) is 0 Å². The van der Waals surface area contributed by atoms with Gasteiger partial charge in [0.2, 0.25) is 0 Å². The lowest BCUT2D eigenvalue weighted by Crippen LogP contribution is -2.20. The molecule has 0 fully saturated rings. The van der Waals surface area contributed by atoms with E-state index in [4.69, 9.17) is 0 Å². The zero-order valence-electron chi connectivity index (χ0n) is 10.7. The summed E-state index contributed by atoms with van der Waals surface area (Å²) >= 11 is 3.34. The van der Waals surface area contributed by atoms with Gasteiger partial charge in [0, 0.05) is 10.7 Å². The largest absolute Gasteiger partial charge is 0.335 e. The van der Waals surface area contributed by atoms with Crippen molar-refractivity contribution in [3.63, 3.8) is 0 Å². The average molecular weight is 344 g/mol. The van der Waals surface area contributed by atoms with Crippen LogP contribution in [0.1, 0.15) is 25.1 Å². The van der Waals surface area contributed by atoms with Gasteiger partial charge in [-0.05, 0) is 31.5 Å². The monoisotopic (exact) mass is 343 g/mol. The highest BCUT2D eigenvalue weighted by atomic mass is 79.9. The molecule has 0 aliphatic carbocycles. The molecule has 0 saturated carbocycles. The van der Waals surface area contributed by atoms with E-state index in [0.717, 1.165) is 10.9 Å². The third-order valence-corrected chi connectivity index (χ3v) is 5.55. The van der Waals surface area contributed by atoms with Crippen LogP contribution < -0.4 is 0 Å². The number of para-hydroxylation sites is 1. The summed E-state index contributed by atoms with van der Waals surface area (Å²) in [6.45, 7) is 3.09. The molecular weight excluding hydrogens is 329 g/mol. The van der Waals surface area contributed by atoms with Crippen LogP contribution in [0.2, 0.25) is 0 Å². The molecule has 2 rings (SSSR count). The van der Waals surface area contributed by atoms with Gasteiger partial charge in [0.25, 0.3) is 0 Å². The molecule has 0 atom stereocenters. The van der Waals surface area contributed by atoms with Crippen molar-refractivity contribution in [1.82, 2.24) is 4.98 Å². The van der Waals surface area contributed by atoms with E-state index in [9.17, 15) is 14.4 Å². The van der Waals surface area contributed by atoms with Crippen LogP contribution in [0.4, 0.5) is 0 Å². The summed E-state index contributed by atoms with van der Waals surface area (Å²) in [6, 6.07) is 9.36. The molecule has 0 aliphatic heterocycles. The first kappa shape index (κ1) is 14.7. The minimum absolute atomic E-state index is 0.455. The Bertz CT molecular complexity index is 666. The van der Waals surface area contributed by atoms with E-state index in [-0.39, 0.29) is 0 Å². The van der Waals surface area contributed by atoms with E-state index in [2.05, 4.69) is 20.9 Å². The molecule has 1 aromatic heterocycles. The van der Waals surface area contributed by atoms with E-state index in [1.165, 1.54) is 0 Å². The summed E-state index contributed by atoms with van der Waals surface area (Å²) in [5.74, 6) is 0. The van der Waals surface area contributed by atoms with Crippen molar-refractivity contribution >= 4 is 34.4 Å². The molecule has 0 saturated heterocycles. The Morgan fingerprint density at radius 3 is 2.53 bits per heavy atom. The highest BCUT2D eigenvalue weighted by Crippen LogP contribution is 2.57. The van der Waals surface area contributed by atoms with Gasteiger partial charge in [-0.1, -0.05) is 34.1 Å². The molecule has 2 aromatic rings. The van der Waals surface area contributed by atoms with Crippen molar-refractivity contribution in [3.05, 3.63) is 41.6 Å². The topological polar surface area (TPSA) is 70.4 Å². The maximum Gasteiger partial charge on any atom is 0.335 e. The Balaban J connectivity index is 2.75. The van der Waals surface area contributed by atoms with Crippen LogP contribution in [0.5, 0.6) is 0 Å². The zero-order valence-corrected chi connectivity index (χ0v) is 13.1. The highest BCUT2D eigenvalue weighted by molar-refractivity contribution is 9.08. The van der Waals surface area contributed by atoms with Crippen LogP contribution in [0.25, 0.3) is 10.9 Å². The minimum atomic E-state index is -4.27. The van der Waals surface area contributed by atoms with Gasteiger partial charge < -0.3 is 9.79 Å². The Morgan fingerprint density at radius 1 is 1.32 bits per heavy atom. The quantitative estimate of drug-likeness (QED) is 0.660. The summed E-state index contributed by atoms with van der Waals surface area (Å²) in [5, 5.41) is 0.0766. The van der Waals surface area contributed by atoms with Gasteiger partial charge in [-0.25, -0.2) is 0 Å². The van der Waals surface area contributed by atoms with Crippen LogP contribution in [-0.2, 0) is 15.1 Å². The average Bonchev–Trinajstić information content (AvgIpc) is 2.35. The number of fused-ring (bicyclic) bond motifs is 1. The SMILES string of the molecule is CC(C)(c1cc2ccccc2nc1CBr)P(=O)(O)O. The van der Waals surface area contributed by atoms with Crippen LogP contribution >= 0.6 is 23.5 Å². The number of halogens is 1. The highest BCUT2D eigenvalue weighted by Gasteiger charge is 2.41. The van der Waals surface area contributed by atoms with Gasteiger partial charge in [-0.3, -0.25) is 9.55 Å². The molecular formula is C13H15BrNO3P. The summed E-state index contributed by atoms with van der Waals surface area (Å²) in [5.41, 5.74) is 2.06. The smallest absolute Gasteiger partial charge is 0.324 e. The van der Waals surface area contributed by atoms with Crippen molar-refractivity contribution in [2.24, 2.45) is 0 Å². The molecule has 1 aromatic carbocycles. The predicted molar refractivity (Wildman–Crippen MR) is 79.4 cm³/mol. The number of benzene rings is 1. The second-order valence-electron chi connectivity index (χ2n) is 4.91. The standard InChI is InChI=1S/C13H15BrNO3P/c1-13(2,19(16,17)18)10-7-9-5-3-4-6-11(9)15-12(10)8-14/h3-7H,8H2,1-2H3,(H2,16,17,18). The fraction of sp³-hybridized carbons (Fsp3) is 0.308. The molecule has 19 heavy (non-hydrogen) atoms. The number of rotatable bonds is 3. The number of pyridine rings is 1. The lowest BCUT2D eigenvalue weighted by atomic mass is 9.99. The first-order valence-electron chi connectivity index (χ1n) is 5.78. The molecule has 0 bridgehead atoms. The molecule has 0 radical (unpaired) electrons. The number of nitrogens with zero attached hydrogens (tertiary/aromatic N) is 1. The first-order chi connectivity index (χ1) is 8.77. The maximum absolute atomic E-state index is 11.7. The van der Waals surface area contributed by atoms with E-state index in [1.54, 1.807) is 13.8 Å². The van der Waals surface area contributed by atoms with Crippen LogP contribution in [0.15, 0.2) is 30.3 Å². The van der Waals surface area contributed by atoms with Crippen LogP contribution in [-0.4, -0.2) is 14.8 Å². The van der Waals surface area contributed by atoms with Crippen LogP contribution in [0.3, 0.4) is 0 Å². The summed E-state index contributed by atoms with van der Waals surface area (Å²) in [6.07, 6.45) is 0. The second-order valence-corrected chi connectivity index (χ2v) is 7.68. The van der Waals surface area contributed by atoms with Crippen molar-refractivity contribution in [1.29, 1.82) is 0 Å². The minimum Gasteiger partial charge on any atom is -0.324 e. The fourth-order valence-corrected chi connectivity index (χ4v) is 2.88. The van der Waals surface area contributed by atoms with E-state index in [0.29, 0.717) is 16.6 Å². The number of aromatic nitrogens is 1. The van der Waals surface area contributed by atoms with Gasteiger partial charge in [0.15, 0.2) is 0 Å². The molecule has 102 valence electrons.